The zero-order valence-corrected chi connectivity index (χ0v) is 20.8. The van der Waals surface area contributed by atoms with Crippen LogP contribution in [-0.4, -0.2) is 69.1 Å². The van der Waals surface area contributed by atoms with Gasteiger partial charge in [-0.1, -0.05) is 24.3 Å². The highest BCUT2D eigenvalue weighted by atomic mass is 16.3. The predicted octanol–water partition coefficient (Wildman–Crippen LogP) is 4.74. The zero-order valence-electron chi connectivity index (χ0n) is 20.8. The van der Waals surface area contributed by atoms with Crippen molar-refractivity contribution in [2.24, 2.45) is 0 Å². The zero-order chi connectivity index (χ0) is 24.3. The summed E-state index contributed by atoms with van der Waals surface area (Å²) >= 11 is 0. The molecule has 186 valence electrons. The molecular weight excluding hydrogens is 448 g/mol. The van der Waals surface area contributed by atoms with Gasteiger partial charge in [0.2, 0.25) is 0 Å². The van der Waals surface area contributed by atoms with Gasteiger partial charge in [-0.2, -0.15) is 0 Å². The predicted molar refractivity (Wildman–Crippen MR) is 144 cm³/mol. The molecule has 4 heterocycles. The van der Waals surface area contributed by atoms with Gasteiger partial charge in [0.1, 0.15) is 11.3 Å². The van der Waals surface area contributed by atoms with Crippen LogP contribution >= 0.6 is 0 Å². The SMILES string of the molecule is Oc1cccc(-c2nc(N3CCCCC3)c3ncc(CN4CCN(C5=CCCC=C5)CC4)cc3n2)c1. The molecule has 36 heavy (non-hydrogen) atoms. The molecule has 0 atom stereocenters. The lowest BCUT2D eigenvalue weighted by molar-refractivity contribution is 0.155. The molecule has 2 aliphatic heterocycles. The quantitative estimate of drug-likeness (QED) is 0.563. The van der Waals surface area contributed by atoms with E-state index in [2.05, 4.69) is 39.0 Å². The molecule has 0 saturated carbocycles. The minimum atomic E-state index is 0.223. The maximum Gasteiger partial charge on any atom is 0.162 e. The van der Waals surface area contributed by atoms with Gasteiger partial charge in [-0.3, -0.25) is 9.88 Å². The average Bonchev–Trinajstić information content (AvgIpc) is 2.94. The Morgan fingerprint density at radius 1 is 0.861 bits per heavy atom. The third kappa shape index (κ3) is 4.93. The monoisotopic (exact) mass is 482 g/mol. The van der Waals surface area contributed by atoms with Crippen LogP contribution < -0.4 is 4.90 Å². The second-order valence-electron chi connectivity index (χ2n) is 10.1. The van der Waals surface area contributed by atoms with E-state index in [1.54, 1.807) is 12.1 Å². The van der Waals surface area contributed by atoms with E-state index in [1.807, 2.05) is 18.3 Å². The Labute approximate surface area is 212 Å². The summed E-state index contributed by atoms with van der Waals surface area (Å²) in [5, 5.41) is 10.0. The molecule has 2 saturated heterocycles. The Morgan fingerprint density at radius 2 is 1.72 bits per heavy atom. The molecule has 1 aromatic carbocycles. The molecule has 7 heteroatoms. The number of aromatic nitrogens is 3. The van der Waals surface area contributed by atoms with Gasteiger partial charge >= 0.3 is 0 Å². The fraction of sp³-hybridized carbons (Fsp3) is 0.414. The first-order chi connectivity index (χ1) is 17.7. The van der Waals surface area contributed by atoms with E-state index in [0.29, 0.717) is 5.82 Å². The minimum Gasteiger partial charge on any atom is -0.508 e. The first-order valence-corrected chi connectivity index (χ1v) is 13.3. The highest BCUT2D eigenvalue weighted by Crippen LogP contribution is 2.30. The highest BCUT2D eigenvalue weighted by Gasteiger charge is 2.21. The largest absolute Gasteiger partial charge is 0.508 e. The van der Waals surface area contributed by atoms with Crippen LogP contribution in [0.4, 0.5) is 5.82 Å². The van der Waals surface area contributed by atoms with E-state index < -0.39 is 0 Å². The van der Waals surface area contributed by atoms with Crippen LogP contribution in [-0.2, 0) is 6.54 Å². The lowest BCUT2D eigenvalue weighted by Crippen LogP contribution is -2.45. The van der Waals surface area contributed by atoms with Gasteiger partial charge in [-0.25, -0.2) is 9.97 Å². The third-order valence-corrected chi connectivity index (χ3v) is 7.45. The van der Waals surface area contributed by atoms with E-state index in [1.165, 1.54) is 30.5 Å². The second-order valence-corrected chi connectivity index (χ2v) is 10.1. The summed E-state index contributed by atoms with van der Waals surface area (Å²) in [6.07, 6.45) is 14.8. The number of allylic oxidation sites excluding steroid dienone is 3. The van der Waals surface area contributed by atoms with Crippen LogP contribution in [0.1, 0.15) is 37.7 Å². The number of piperidine rings is 1. The van der Waals surface area contributed by atoms with Gasteiger partial charge in [-0.15, -0.1) is 0 Å². The van der Waals surface area contributed by atoms with Gasteiger partial charge in [-0.05, 0) is 61.9 Å². The van der Waals surface area contributed by atoms with Crippen LogP contribution in [0.5, 0.6) is 5.75 Å². The topological polar surface area (TPSA) is 68.6 Å². The first kappa shape index (κ1) is 23.0. The van der Waals surface area contributed by atoms with E-state index in [9.17, 15) is 5.11 Å². The van der Waals surface area contributed by atoms with Gasteiger partial charge < -0.3 is 14.9 Å². The molecule has 0 bridgehead atoms. The normalized spacial score (nSPS) is 19.1. The minimum absolute atomic E-state index is 0.223. The number of nitrogens with zero attached hydrogens (tertiary/aromatic N) is 6. The fourth-order valence-electron chi connectivity index (χ4n) is 5.49. The van der Waals surface area contributed by atoms with Crippen molar-refractivity contribution in [1.82, 2.24) is 24.8 Å². The van der Waals surface area contributed by atoms with Crippen LogP contribution in [0, 0.1) is 0 Å². The number of phenols is 1. The van der Waals surface area contributed by atoms with Gasteiger partial charge in [0.15, 0.2) is 11.6 Å². The van der Waals surface area contributed by atoms with Gasteiger partial charge in [0.25, 0.3) is 0 Å². The standard InChI is InChI=1S/C29H34N6O/c36-25-11-7-8-23(19-25)28-31-26-18-22(20-30-27(26)29(32-28)35-12-5-2-6-13-35)21-33-14-16-34(17-15-33)24-9-3-1-4-10-24/h3,7-11,18-20,36H,1-2,4-6,12-17,21H2. The summed E-state index contributed by atoms with van der Waals surface area (Å²) in [6, 6.07) is 9.38. The number of phenolic OH excluding ortho intramolecular Hbond substituents is 1. The Balaban J connectivity index is 1.26. The molecule has 3 aliphatic rings. The fourth-order valence-corrected chi connectivity index (χ4v) is 5.49. The van der Waals surface area contributed by atoms with Gasteiger partial charge in [0, 0.05) is 63.3 Å². The Bertz CT molecular complexity index is 1290. The molecule has 1 N–H and O–H groups in total. The number of hydrogen-bond donors (Lipinski definition) is 1. The highest BCUT2D eigenvalue weighted by molar-refractivity contribution is 5.88. The van der Waals surface area contributed by atoms with Crippen LogP contribution in [0.2, 0.25) is 0 Å². The summed E-state index contributed by atoms with van der Waals surface area (Å²) in [5.74, 6) is 1.77. The number of hydrogen-bond acceptors (Lipinski definition) is 7. The molecule has 2 fully saturated rings. The molecule has 7 nitrogen and oxygen atoms in total. The molecule has 0 spiro atoms. The molecule has 1 aliphatic carbocycles. The number of pyridine rings is 1. The summed E-state index contributed by atoms with van der Waals surface area (Å²) in [7, 11) is 0. The van der Waals surface area contributed by atoms with Crippen LogP contribution in [0.15, 0.2) is 60.5 Å². The molecule has 0 unspecified atom stereocenters. The molecule has 0 amide bonds. The Kier molecular flexibility index (Phi) is 6.55. The number of rotatable bonds is 5. The van der Waals surface area contributed by atoms with E-state index >= 15 is 0 Å². The van der Waals surface area contributed by atoms with Crippen molar-refractivity contribution in [3.63, 3.8) is 0 Å². The van der Waals surface area contributed by atoms with E-state index in [-0.39, 0.29) is 5.75 Å². The Hall–Kier alpha value is -3.45. The molecular formula is C29H34N6O. The lowest BCUT2D eigenvalue weighted by atomic mass is 10.1. The van der Waals surface area contributed by atoms with Crippen molar-refractivity contribution < 1.29 is 5.11 Å². The summed E-state index contributed by atoms with van der Waals surface area (Å²) in [4.78, 5) is 22.1. The summed E-state index contributed by atoms with van der Waals surface area (Å²) < 4.78 is 0. The number of aromatic hydroxyl groups is 1. The molecule has 6 rings (SSSR count). The van der Waals surface area contributed by atoms with Crippen LogP contribution in [0.25, 0.3) is 22.4 Å². The number of fused-ring (bicyclic) bond motifs is 1. The maximum absolute atomic E-state index is 10.0. The van der Waals surface area contributed by atoms with Crippen molar-refractivity contribution in [3.05, 3.63) is 66.0 Å². The smallest absolute Gasteiger partial charge is 0.162 e. The molecule has 0 radical (unpaired) electrons. The molecule has 2 aromatic heterocycles. The summed E-state index contributed by atoms with van der Waals surface area (Å²) in [5.41, 5.74) is 5.12. The van der Waals surface area contributed by atoms with Gasteiger partial charge in [0.05, 0.1) is 5.52 Å². The van der Waals surface area contributed by atoms with E-state index in [0.717, 1.165) is 81.1 Å². The first-order valence-electron chi connectivity index (χ1n) is 13.3. The Morgan fingerprint density at radius 3 is 2.50 bits per heavy atom. The number of benzene rings is 1. The van der Waals surface area contributed by atoms with Crippen molar-refractivity contribution in [2.45, 2.75) is 38.6 Å². The van der Waals surface area contributed by atoms with E-state index in [4.69, 9.17) is 15.0 Å². The third-order valence-electron chi connectivity index (χ3n) is 7.45. The second kappa shape index (κ2) is 10.3. The summed E-state index contributed by atoms with van der Waals surface area (Å²) in [6.45, 7) is 7.05. The number of anilines is 1. The number of piperazine rings is 1. The van der Waals surface area contributed by atoms with Crippen molar-refractivity contribution >= 4 is 16.9 Å². The van der Waals surface area contributed by atoms with Crippen LogP contribution in [0.3, 0.4) is 0 Å². The van der Waals surface area contributed by atoms with Crippen molar-refractivity contribution in [3.8, 4) is 17.1 Å². The van der Waals surface area contributed by atoms with Crippen molar-refractivity contribution in [1.29, 1.82) is 0 Å². The maximum atomic E-state index is 10.0. The molecule has 3 aromatic rings. The lowest BCUT2D eigenvalue weighted by Gasteiger charge is -2.37. The van der Waals surface area contributed by atoms with Crippen molar-refractivity contribution in [2.75, 3.05) is 44.2 Å². The average molecular weight is 483 g/mol.